The summed E-state index contributed by atoms with van der Waals surface area (Å²) in [5, 5.41) is 3.01. The largest absolute Gasteiger partial charge is 0.497 e. The molecule has 1 aromatic carbocycles. The Morgan fingerprint density at radius 2 is 1.87 bits per heavy atom. The van der Waals surface area contributed by atoms with Gasteiger partial charge in [-0.1, -0.05) is 39.3 Å². The Balaban J connectivity index is 1.74. The first-order valence-electron chi connectivity index (χ1n) is 13.7. The molecule has 0 radical (unpaired) electrons. The maximum atomic E-state index is 13.6. The standard InChI is InChI=1S/C30H42N4O4/c1-5-8-25(28(31)35)26(15-20(2)3)29(36)33-27-9-6-7-14-34(30(27)37)19-21-16-23(18-32-17-21)22-10-12-24(38-4)13-11-22/h10-13,16-18,20,25-27H,5-9,14-15,19H2,1-4H3,(H2,31,35)(H,33,36)/t25-,26+,27?/m0/s1. The van der Waals surface area contributed by atoms with Crippen LogP contribution in [0.3, 0.4) is 0 Å². The zero-order valence-corrected chi connectivity index (χ0v) is 23.1. The quantitative estimate of drug-likeness (QED) is 0.431. The first kappa shape index (κ1) is 29.1. The van der Waals surface area contributed by atoms with Crippen molar-refractivity contribution in [1.82, 2.24) is 15.2 Å². The van der Waals surface area contributed by atoms with Gasteiger partial charge >= 0.3 is 0 Å². The number of benzene rings is 1. The molecular weight excluding hydrogens is 480 g/mol. The van der Waals surface area contributed by atoms with Crippen molar-refractivity contribution in [1.29, 1.82) is 0 Å². The van der Waals surface area contributed by atoms with Crippen molar-refractivity contribution < 1.29 is 19.1 Å². The molecule has 2 aromatic rings. The molecule has 38 heavy (non-hydrogen) atoms. The molecule has 8 nitrogen and oxygen atoms in total. The maximum absolute atomic E-state index is 13.6. The average Bonchev–Trinajstić information content (AvgIpc) is 3.07. The van der Waals surface area contributed by atoms with Crippen molar-refractivity contribution >= 4 is 17.7 Å². The van der Waals surface area contributed by atoms with E-state index in [0.717, 1.165) is 41.7 Å². The molecule has 0 bridgehead atoms. The number of rotatable bonds is 12. The number of carbonyl (C=O) groups is 3. The van der Waals surface area contributed by atoms with Crippen LogP contribution in [0.25, 0.3) is 11.1 Å². The summed E-state index contributed by atoms with van der Waals surface area (Å²) in [6, 6.07) is 9.20. The molecule has 1 unspecified atom stereocenters. The number of primary amides is 1. The lowest BCUT2D eigenvalue weighted by Crippen LogP contribution is -2.50. The normalized spacial score (nSPS) is 17.6. The molecule has 1 aliphatic rings. The minimum atomic E-state index is -0.618. The Labute approximate surface area is 226 Å². The second-order valence-corrected chi connectivity index (χ2v) is 10.7. The van der Waals surface area contributed by atoms with Crippen LogP contribution in [-0.4, -0.2) is 47.3 Å². The summed E-state index contributed by atoms with van der Waals surface area (Å²) in [4.78, 5) is 45.4. The van der Waals surface area contributed by atoms with Crippen molar-refractivity contribution in [2.75, 3.05) is 13.7 Å². The number of ether oxygens (including phenoxy) is 1. The van der Waals surface area contributed by atoms with E-state index in [4.69, 9.17) is 10.5 Å². The SMILES string of the molecule is CCC[C@H](C(N)=O)[C@@H](CC(C)C)C(=O)NC1CCCCN(Cc2cncc(-c3ccc(OC)cc3)c2)C1=O. The summed E-state index contributed by atoms with van der Waals surface area (Å²) in [6.07, 6.45) is 7.72. The van der Waals surface area contributed by atoms with E-state index in [0.29, 0.717) is 32.4 Å². The number of aromatic nitrogens is 1. The monoisotopic (exact) mass is 522 g/mol. The number of hydrogen-bond acceptors (Lipinski definition) is 5. The number of nitrogens with one attached hydrogen (secondary N) is 1. The molecule has 1 aliphatic heterocycles. The van der Waals surface area contributed by atoms with Gasteiger partial charge in [0, 0.05) is 42.9 Å². The second-order valence-electron chi connectivity index (χ2n) is 10.7. The Bertz CT molecular complexity index is 1090. The predicted molar refractivity (Wildman–Crippen MR) is 148 cm³/mol. The van der Waals surface area contributed by atoms with Gasteiger partial charge in [-0.25, -0.2) is 0 Å². The third-order valence-electron chi connectivity index (χ3n) is 7.20. The number of nitrogens with zero attached hydrogens (tertiary/aromatic N) is 2. The van der Waals surface area contributed by atoms with Gasteiger partial charge in [-0.2, -0.15) is 0 Å². The van der Waals surface area contributed by atoms with Crippen LogP contribution < -0.4 is 15.8 Å². The van der Waals surface area contributed by atoms with Gasteiger partial charge < -0.3 is 20.7 Å². The molecule has 3 amide bonds. The summed E-state index contributed by atoms with van der Waals surface area (Å²) in [7, 11) is 1.64. The lowest BCUT2D eigenvalue weighted by atomic mass is 9.81. The van der Waals surface area contributed by atoms with Gasteiger partial charge in [0.2, 0.25) is 17.7 Å². The van der Waals surface area contributed by atoms with Gasteiger partial charge in [0.1, 0.15) is 11.8 Å². The van der Waals surface area contributed by atoms with Gasteiger partial charge in [-0.15, -0.1) is 0 Å². The van der Waals surface area contributed by atoms with Crippen molar-refractivity contribution in [2.45, 2.75) is 71.9 Å². The lowest BCUT2D eigenvalue weighted by Gasteiger charge is -2.29. The van der Waals surface area contributed by atoms with E-state index in [1.54, 1.807) is 19.5 Å². The predicted octanol–water partition coefficient (Wildman–Crippen LogP) is 4.32. The zero-order chi connectivity index (χ0) is 27.7. The number of nitrogens with two attached hydrogens (primary N) is 1. The van der Waals surface area contributed by atoms with E-state index in [1.165, 1.54) is 0 Å². The van der Waals surface area contributed by atoms with E-state index in [9.17, 15) is 14.4 Å². The molecule has 1 saturated heterocycles. The molecule has 0 aliphatic carbocycles. The number of carbonyl (C=O) groups excluding carboxylic acids is 3. The average molecular weight is 523 g/mol. The molecule has 3 rings (SSSR count). The second kappa shape index (κ2) is 13.9. The summed E-state index contributed by atoms with van der Waals surface area (Å²) in [5.74, 6) is -0.872. The Morgan fingerprint density at radius 1 is 1.13 bits per heavy atom. The first-order valence-corrected chi connectivity index (χ1v) is 13.7. The summed E-state index contributed by atoms with van der Waals surface area (Å²) >= 11 is 0. The Morgan fingerprint density at radius 3 is 2.50 bits per heavy atom. The van der Waals surface area contributed by atoms with Gasteiger partial charge in [-0.05, 0) is 67.3 Å². The van der Waals surface area contributed by atoms with E-state index < -0.39 is 23.8 Å². The Hall–Kier alpha value is -3.42. The molecular formula is C30H42N4O4. The highest BCUT2D eigenvalue weighted by atomic mass is 16.5. The minimum Gasteiger partial charge on any atom is -0.497 e. The fourth-order valence-electron chi connectivity index (χ4n) is 5.23. The molecule has 8 heteroatoms. The highest BCUT2D eigenvalue weighted by molar-refractivity contribution is 5.91. The van der Waals surface area contributed by atoms with Crippen LogP contribution in [0.2, 0.25) is 0 Å². The summed E-state index contributed by atoms with van der Waals surface area (Å²) < 4.78 is 5.25. The van der Waals surface area contributed by atoms with Crippen molar-refractivity contribution in [3.63, 3.8) is 0 Å². The minimum absolute atomic E-state index is 0.0971. The topological polar surface area (TPSA) is 115 Å². The third-order valence-corrected chi connectivity index (χ3v) is 7.20. The smallest absolute Gasteiger partial charge is 0.245 e. The summed E-state index contributed by atoms with van der Waals surface area (Å²) in [6.45, 7) is 7.06. The van der Waals surface area contributed by atoms with Crippen LogP contribution in [0.1, 0.15) is 64.9 Å². The number of hydrogen-bond donors (Lipinski definition) is 2. The van der Waals surface area contributed by atoms with Gasteiger partial charge in [-0.3, -0.25) is 19.4 Å². The first-order chi connectivity index (χ1) is 18.2. The van der Waals surface area contributed by atoms with E-state index in [1.807, 2.05) is 56.0 Å². The van der Waals surface area contributed by atoms with Crippen LogP contribution in [0, 0.1) is 17.8 Å². The number of methoxy groups -OCH3 is 1. The van der Waals surface area contributed by atoms with Crippen LogP contribution in [0.15, 0.2) is 42.7 Å². The van der Waals surface area contributed by atoms with E-state index in [2.05, 4.69) is 10.3 Å². The van der Waals surface area contributed by atoms with E-state index >= 15 is 0 Å². The van der Waals surface area contributed by atoms with Gasteiger partial charge in [0.15, 0.2) is 0 Å². The van der Waals surface area contributed by atoms with Crippen LogP contribution >= 0.6 is 0 Å². The van der Waals surface area contributed by atoms with Crippen LogP contribution in [0.4, 0.5) is 0 Å². The maximum Gasteiger partial charge on any atom is 0.245 e. The molecule has 0 saturated carbocycles. The highest BCUT2D eigenvalue weighted by Gasteiger charge is 2.35. The van der Waals surface area contributed by atoms with Gasteiger partial charge in [0.25, 0.3) is 0 Å². The molecule has 3 atom stereocenters. The fourth-order valence-corrected chi connectivity index (χ4v) is 5.23. The van der Waals surface area contributed by atoms with Gasteiger partial charge in [0.05, 0.1) is 7.11 Å². The Kier molecular flexibility index (Phi) is 10.7. The van der Waals surface area contributed by atoms with Crippen LogP contribution in [-0.2, 0) is 20.9 Å². The number of amides is 3. The van der Waals surface area contributed by atoms with Crippen molar-refractivity contribution in [2.24, 2.45) is 23.5 Å². The van der Waals surface area contributed by atoms with Crippen molar-refractivity contribution in [3.8, 4) is 16.9 Å². The molecule has 1 aromatic heterocycles. The lowest BCUT2D eigenvalue weighted by molar-refractivity contribution is -0.139. The van der Waals surface area contributed by atoms with E-state index in [-0.39, 0.29) is 17.7 Å². The number of likely N-dealkylation sites (tertiary alicyclic amines) is 1. The molecule has 0 spiro atoms. The molecule has 206 valence electrons. The molecule has 1 fully saturated rings. The number of pyridine rings is 1. The third kappa shape index (κ3) is 7.79. The molecule has 3 N–H and O–H groups in total. The highest BCUT2D eigenvalue weighted by Crippen LogP contribution is 2.27. The zero-order valence-electron chi connectivity index (χ0n) is 23.1. The van der Waals surface area contributed by atoms with Crippen molar-refractivity contribution in [3.05, 3.63) is 48.3 Å². The summed E-state index contributed by atoms with van der Waals surface area (Å²) in [5.41, 5.74) is 8.59. The van der Waals surface area contributed by atoms with Crippen LogP contribution in [0.5, 0.6) is 5.75 Å². The molecule has 2 heterocycles. The fraction of sp³-hybridized carbons (Fsp3) is 0.533.